The molecule has 0 spiro atoms. The van der Waals surface area contributed by atoms with E-state index < -0.39 is 17.2 Å². The molecule has 1 atom stereocenters. The first-order valence-corrected chi connectivity index (χ1v) is 11.8. The molecular weight excluding hydrogens is 455 g/mol. The Morgan fingerprint density at radius 2 is 2.06 bits per heavy atom. The van der Waals surface area contributed by atoms with E-state index >= 15 is 0 Å². The third kappa shape index (κ3) is 4.70. The molecule has 1 saturated heterocycles. The van der Waals surface area contributed by atoms with Crippen LogP contribution in [0.3, 0.4) is 0 Å². The van der Waals surface area contributed by atoms with E-state index in [-0.39, 0.29) is 11.9 Å². The molecule has 1 unspecified atom stereocenters. The fourth-order valence-electron chi connectivity index (χ4n) is 5.11. The molecule has 2 aliphatic carbocycles. The third-order valence-corrected chi connectivity index (χ3v) is 7.15. The van der Waals surface area contributed by atoms with Crippen molar-refractivity contribution in [2.24, 2.45) is 4.99 Å². The number of carbonyl (C=O) groups is 1. The Bertz CT molecular complexity index is 1270. The molecule has 0 bridgehead atoms. The number of carbonyl (C=O) groups excluding carboxylic acids is 1. The summed E-state index contributed by atoms with van der Waals surface area (Å²) < 4.78 is 40.2. The number of hydrogen-bond acceptors (Lipinski definition) is 5. The second-order valence-corrected chi connectivity index (χ2v) is 9.42. The van der Waals surface area contributed by atoms with Gasteiger partial charge in [0, 0.05) is 24.0 Å². The van der Waals surface area contributed by atoms with Crippen molar-refractivity contribution in [3.8, 4) is 6.07 Å². The highest BCUT2D eigenvalue weighted by molar-refractivity contribution is 6.00. The standard InChI is InChI=1S/C26H24F3N5O/c27-26(28,29)18-3-6-21(25(15-30)9-1-10-25)16(12-18)2-4-19-8-11-31-24(32-19)33-20-5-7-22-17(13-20)14-23(35)34-22/h3,6,8,11-13,22H,1-2,4-5,7,9-10,14H2,(H,34,35). The second kappa shape index (κ2) is 8.91. The number of alkyl halides is 3. The van der Waals surface area contributed by atoms with E-state index in [0.717, 1.165) is 30.2 Å². The van der Waals surface area contributed by atoms with Gasteiger partial charge in [0.2, 0.25) is 11.9 Å². The predicted molar refractivity (Wildman–Crippen MR) is 123 cm³/mol. The first-order valence-electron chi connectivity index (χ1n) is 11.8. The van der Waals surface area contributed by atoms with Crippen LogP contribution in [-0.2, 0) is 29.2 Å². The molecule has 35 heavy (non-hydrogen) atoms. The van der Waals surface area contributed by atoms with E-state index in [1.807, 2.05) is 6.08 Å². The Morgan fingerprint density at radius 3 is 2.77 bits per heavy atom. The predicted octanol–water partition coefficient (Wildman–Crippen LogP) is 4.91. The first kappa shape index (κ1) is 23.2. The zero-order valence-corrected chi connectivity index (χ0v) is 19.0. The van der Waals surface area contributed by atoms with Crippen LogP contribution in [0.2, 0.25) is 0 Å². The van der Waals surface area contributed by atoms with E-state index in [9.17, 15) is 23.2 Å². The summed E-state index contributed by atoms with van der Waals surface area (Å²) in [7, 11) is 0. The monoisotopic (exact) mass is 479 g/mol. The van der Waals surface area contributed by atoms with Gasteiger partial charge in [-0.15, -0.1) is 0 Å². The van der Waals surface area contributed by atoms with Gasteiger partial charge in [0.15, 0.2) is 0 Å². The van der Waals surface area contributed by atoms with E-state index in [4.69, 9.17) is 0 Å². The van der Waals surface area contributed by atoms with Gasteiger partial charge in [0.1, 0.15) is 0 Å². The average Bonchev–Trinajstić information content (AvgIpc) is 3.17. The van der Waals surface area contributed by atoms with Crippen LogP contribution in [0.5, 0.6) is 0 Å². The Morgan fingerprint density at radius 1 is 1.23 bits per heavy atom. The number of halogens is 3. The zero-order valence-electron chi connectivity index (χ0n) is 19.0. The summed E-state index contributed by atoms with van der Waals surface area (Å²) in [5.74, 6) is 0.316. The van der Waals surface area contributed by atoms with E-state index in [0.29, 0.717) is 61.3 Å². The minimum atomic E-state index is -4.45. The number of aromatic nitrogens is 2. The Labute approximate surface area is 201 Å². The van der Waals surface area contributed by atoms with Crippen molar-refractivity contribution in [2.75, 3.05) is 0 Å². The largest absolute Gasteiger partial charge is 0.416 e. The second-order valence-electron chi connectivity index (χ2n) is 9.42. The summed E-state index contributed by atoms with van der Waals surface area (Å²) in [6.07, 6.45) is 3.89. The average molecular weight is 480 g/mol. The number of aliphatic imine (C=N–C) groups is 1. The van der Waals surface area contributed by atoms with Gasteiger partial charge >= 0.3 is 6.18 Å². The maximum absolute atomic E-state index is 13.4. The lowest BCUT2D eigenvalue weighted by atomic mass is 9.64. The summed E-state index contributed by atoms with van der Waals surface area (Å²) in [4.78, 5) is 24.9. The van der Waals surface area contributed by atoms with Gasteiger partial charge in [-0.25, -0.2) is 15.0 Å². The van der Waals surface area contributed by atoms with Crippen molar-refractivity contribution >= 4 is 17.6 Å². The zero-order chi connectivity index (χ0) is 24.6. The van der Waals surface area contributed by atoms with Gasteiger partial charge in [-0.2, -0.15) is 18.4 Å². The molecule has 1 aromatic heterocycles. The number of nitrogens with one attached hydrogen (secondary N) is 1. The molecule has 2 fully saturated rings. The third-order valence-electron chi connectivity index (χ3n) is 7.15. The normalized spacial score (nSPS) is 22.1. The summed E-state index contributed by atoms with van der Waals surface area (Å²) in [6, 6.07) is 7.89. The molecule has 2 heterocycles. The molecule has 5 rings (SSSR count). The molecule has 9 heteroatoms. The molecule has 1 saturated carbocycles. The Hall–Kier alpha value is -3.54. The van der Waals surface area contributed by atoms with Crippen molar-refractivity contribution in [2.45, 2.75) is 69.0 Å². The number of rotatable bonds is 5. The van der Waals surface area contributed by atoms with Crippen molar-refractivity contribution in [3.63, 3.8) is 0 Å². The van der Waals surface area contributed by atoms with Crippen LogP contribution in [0, 0.1) is 11.3 Å². The number of benzene rings is 1. The lowest BCUT2D eigenvalue weighted by molar-refractivity contribution is -0.137. The molecule has 1 N–H and O–H groups in total. The van der Waals surface area contributed by atoms with E-state index in [1.165, 1.54) is 12.1 Å². The van der Waals surface area contributed by atoms with Crippen LogP contribution >= 0.6 is 0 Å². The molecular formula is C26H24F3N5O. The molecule has 3 aliphatic rings. The summed E-state index contributed by atoms with van der Waals surface area (Å²) in [5.41, 5.74) is 2.32. The number of aryl methyl sites for hydroxylation is 2. The van der Waals surface area contributed by atoms with Gasteiger partial charge in [0.05, 0.1) is 23.1 Å². The lowest BCUT2D eigenvalue weighted by Gasteiger charge is -2.37. The number of allylic oxidation sites excluding steroid dienone is 1. The van der Waals surface area contributed by atoms with Crippen LogP contribution in [0.15, 0.2) is 47.1 Å². The number of fused-ring (bicyclic) bond motifs is 1. The van der Waals surface area contributed by atoms with E-state index in [2.05, 4.69) is 26.3 Å². The first-order chi connectivity index (χ1) is 16.8. The summed E-state index contributed by atoms with van der Waals surface area (Å²) in [5, 5.41) is 12.7. The van der Waals surface area contributed by atoms with Crippen LogP contribution in [0.25, 0.3) is 0 Å². The smallest absolute Gasteiger partial charge is 0.349 e. The van der Waals surface area contributed by atoms with Gasteiger partial charge in [-0.1, -0.05) is 6.07 Å². The number of nitrogens with zero attached hydrogens (tertiary/aromatic N) is 4. The van der Waals surface area contributed by atoms with Crippen LogP contribution in [-0.4, -0.2) is 27.6 Å². The van der Waals surface area contributed by atoms with E-state index in [1.54, 1.807) is 12.3 Å². The quantitative estimate of drug-likeness (QED) is 0.660. The SMILES string of the molecule is N#CC1(c2ccc(C(F)(F)F)cc2CCc2ccnc(N=C3C=C4CC(=O)NC4CC3)n2)CCC1. The maximum Gasteiger partial charge on any atom is 0.416 e. The minimum absolute atomic E-state index is 0.0230. The summed E-state index contributed by atoms with van der Waals surface area (Å²) in [6.45, 7) is 0. The lowest BCUT2D eigenvalue weighted by Crippen LogP contribution is -2.33. The molecule has 1 aliphatic heterocycles. The Kier molecular flexibility index (Phi) is 5.91. The molecule has 180 valence electrons. The molecule has 6 nitrogen and oxygen atoms in total. The highest BCUT2D eigenvalue weighted by atomic mass is 19.4. The van der Waals surface area contributed by atoms with Crippen LogP contribution in [0.4, 0.5) is 19.1 Å². The Balaban J connectivity index is 1.37. The maximum atomic E-state index is 13.4. The van der Waals surface area contributed by atoms with Crippen molar-refractivity contribution in [3.05, 3.63) is 64.5 Å². The number of nitriles is 1. The highest BCUT2D eigenvalue weighted by Gasteiger charge is 2.41. The fraction of sp³-hybridized carbons (Fsp3) is 0.423. The number of amides is 1. The summed E-state index contributed by atoms with van der Waals surface area (Å²) >= 11 is 0. The van der Waals surface area contributed by atoms with Gasteiger partial charge < -0.3 is 5.32 Å². The molecule has 0 radical (unpaired) electrons. The molecule has 1 amide bonds. The highest BCUT2D eigenvalue weighted by Crippen LogP contribution is 2.45. The topological polar surface area (TPSA) is 91.0 Å². The molecule has 2 aromatic rings. The number of hydrogen-bond donors (Lipinski definition) is 1. The van der Waals surface area contributed by atoms with Crippen molar-refractivity contribution in [1.29, 1.82) is 5.26 Å². The van der Waals surface area contributed by atoms with Gasteiger partial charge in [-0.05, 0) is 85.9 Å². The van der Waals surface area contributed by atoms with Crippen LogP contribution in [0.1, 0.15) is 60.9 Å². The van der Waals surface area contributed by atoms with Crippen LogP contribution < -0.4 is 5.32 Å². The fourth-order valence-corrected chi connectivity index (χ4v) is 5.11. The van der Waals surface area contributed by atoms with Gasteiger partial charge in [0.25, 0.3) is 0 Å². The minimum Gasteiger partial charge on any atom is -0.349 e. The molecule has 1 aromatic carbocycles. The van der Waals surface area contributed by atoms with Crippen molar-refractivity contribution < 1.29 is 18.0 Å². The van der Waals surface area contributed by atoms with Crippen molar-refractivity contribution in [1.82, 2.24) is 15.3 Å². The van der Waals surface area contributed by atoms with Gasteiger partial charge in [-0.3, -0.25) is 4.79 Å².